The summed E-state index contributed by atoms with van der Waals surface area (Å²) in [4.78, 5) is 0. The minimum Gasteiger partial charge on any atom is -0.491 e. The Kier molecular flexibility index (Phi) is 4.32. The molecule has 1 nitrogen and oxygen atoms in total. The molecule has 0 aliphatic carbocycles. The summed E-state index contributed by atoms with van der Waals surface area (Å²) in [5, 5.41) is 1.27. The van der Waals surface area contributed by atoms with Crippen molar-refractivity contribution in [2.24, 2.45) is 0 Å². The molecule has 0 spiro atoms. The predicted molar refractivity (Wildman–Crippen MR) is 82.7 cm³/mol. The number of halogens is 5. The van der Waals surface area contributed by atoms with Gasteiger partial charge in [0.1, 0.15) is 11.4 Å². The van der Waals surface area contributed by atoms with E-state index in [1.165, 1.54) is 24.3 Å². The normalized spacial score (nSPS) is 10.5. The molecule has 0 saturated carbocycles. The monoisotopic (exact) mass is 348 g/mol. The molecule has 0 bridgehead atoms. The summed E-state index contributed by atoms with van der Waals surface area (Å²) < 4.78 is 72.5. The van der Waals surface area contributed by atoms with E-state index in [2.05, 4.69) is 16.6 Å². The van der Waals surface area contributed by atoms with E-state index in [-0.39, 0.29) is 0 Å². The number of fused-ring (bicyclic) bond motifs is 1. The van der Waals surface area contributed by atoms with Gasteiger partial charge in [0, 0.05) is 5.56 Å². The maximum absolute atomic E-state index is 13.9. The first-order chi connectivity index (χ1) is 11.9. The van der Waals surface area contributed by atoms with E-state index >= 15 is 0 Å². The van der Waals surface area contributed by atoms with E-state index in [0.29, 0.717) is 16.3 Å². The molecule has 0 aliphatic rings. The van der Waals surface area contributed by atoms with Gasteiger partial charge in [0.05, 0.1) is 7.11 Å². The molecular weight excluding hydrogens is 339 g/mol. The Balaban J connectivity index is 2.09. The molecule has 25 heavy (non-hydrogen) atoms. The third-order valence-corrected chi connectivity index (χ3v) is 3.56. The smallest absolute Gasteiger partial charge is 0.205 e. The number of rotatable bonds is 1. The van der Waals surface area contributed by atoms with Gasteiger partial charge < -0.3 is 4.74 Å². The second kappa shape index (κ2) is 6.44. The van der Waals surface area contributed by atoms with Crippen molar-refractivity contribution in [2.75, 3.05) is 7.11 Å². The predicted octanol–water partition coefficient (Wildman–Crippen LogP) is 4.94. The third-order valence-electron chi connectivity index (χ3n) is 3.56. The summed E-state index contributed by atoms with van der Waals surface area (Å²) in [5.74, 6) is -3.58. The molecule has 0 saturated heterocycles. The molecule has 3 aromatic carbocycles. The fraction of sp³-hybridized carbons (Fsp3) is 0.0526. The molecule has 126 valence electrons. The lowest BCUT2D eigenvalue weighted by molar-refractivity contribution is 0.331. The second-order valence-electron chi connectivity index (χ2n) is 5.12. The summed E-state index contributed by atoms with van der Waals surface area (Å²) in [6.07, 6.45) is 0. The average Bonchev–Trinajstić information content (AvgIpc) is 2.60. The van der Waals surface area contributed by atoms with Crippen LogP contribution in [0.15, 0.2) is 36.4 Å². The molecule has 0 heterocycles. The number of hydrogen-bond acceptors (Lipinski definition) is 1. The van der Waals surface area contributed by atoms with Crippen LogP contribution < -0.4 is 4.74 Å². The van der Waals surface area contributed by atoms with Crippen LogP contribution in [0.3, 0.4) is 0 Å². The quantitative estimate of drug-likeness (QED) is 0.344. The van der Waals surface area contributed by atoms with Crippen molar-refractivity contribution in [3.8, 4) is 17.6 Å². The van der Waals surface area contributed by atoms with Crippen molar-refractivity contribution < 1.29 is 26.7 Å². The minimum atomic E-state index is -1.65. The molecule has 0 atom stereocenters. The van der Waals surface area contributed by atoms with E-state index in [0.717, 1.165) is 7.11 Å². The van der Waals surface area contributed by atoms with Gasteiger partial charge in [0.25, 0.3) is 0 Å². The SMILES string of the molecule is COc1c(F)c(F)c(C#Cc2ccc3cc(F)ccc3c2)c(F)c1F. The molecule has 0 aliphatic heterocycles. The van der Waals surface area contributed by atoms with Crippen LogP contribution in [0, 0.1) is 40.9 Å². The van der Waals surface area contributed by atoms with Gasteiger partial charge in [-0.05, 0) is 35.0 Å². The largest absolute Gasteiger partial charge is 0.491 e. The van der Waals surface area contributed by atoms with Crippen LogP contribution in [-0.4, -0.2) is 7.11 Å². The highest BCUT2D eigenvalue weighted by molar-refractivity contribution is 5.84. The highest BCUT2D eigenvalue weighted by Gasteiger charge is 2.25. The van der Waals surface area contributed by atoms with Gasteiger partial charge in [-0.25, -0.2) is 13.2 Å². The van der Waals surface area contributed by atoms with Crippen molar-refractivity contribution in [1.82, 2.24) is 0 Å². The molecule has 0 amide bonds. The van der Waals surface area contributed by atoms with E-state index in [4.69, 9.17) is 0 Å². The zero-order chi connectivity index (χ0) is 18.1. The number of ether oxygens (including phenoxy) is 1. The maximum Gasteiger partial charge on any atom is 0.205 e. The second-order valence-corrected chi connectivity index (χ2v) is 5.12. The lowest BCUT2D eigenvalue weighted by Gasteiger charge is -2.07. The van der Waals surface area contributed by atoms with Gasteiger partial charge in [-0.15, -0.1) is 0 Å². The minimum absolute atomic E-state index is 0.342. The van der Waals surface area contributed by atoms with E-state index in [9.17, 15) is 22.0 Å². The molecule has 0 unspecified atom stereocenters. The van der Waals surface area contributed by atoms with E-state index < -0.39 is 40.4 Å². The van der Waals surface area contributed by atoms with Gasteiger partial charge in [0.15, 0.2) is 17.4 Å². The summed E-state index contributed by atoms with van der Waals surface area (Å²) >= 11 is 0. The van der Waals surface area contributed by atoms with Crippen molar-refractivity contribution >= 4 is 10.8 Å². The van der Waals surface area contributed by atoms with Crippen molar-refractivity contribution in [3.63, 3.8) is 0 Å². The molecule has 3 rings (SSSR count). The lowest BCUT2D eigenvalue weighted by Crippen LogP contribution is -2.04. The number of methoxy groups -OCH3 is 1. The van der Waals surface area contributed by atoms with E-state index in [1.54, 1.807) is 12.1 Å². The van der Waals surface area contributed by atoms with Crippen LogP contribution in [0.25, 0.3) is 10.8 Å². The zero-order valence-electron chi connectivity index (χ0n) is 12.8. The molecule has 3 aromatic rings. The summed E-state index contributed by atoms with van der Waals surface area (Å²) in [6, 6.07) is 8.73. The Hall–Kier alpha value is -3.07. The fourth-order valence-corrected chi connectivity index (χ4v) is 2.33. The van der Waals surface area contributed by atoms with Gasteiger partial charge in [0.2, 0.25) is 11.6 Å². The summed E-state index contributed by atoms with van der Waals surface area (Å²) in [7, 11) is 0.892. The van der Waals surface area contributed by atoms with E-state index in [1.807, 2.05) is 0 Å². The van der Waals surface area contributed by atoms with Crippen molar-refractivity contribution in [2.45, 2.75) is 0 Å². The van der Waals surface area contributed by atoms with Gasteiger partial charge in [-0.2, -0.15) is 8.78 Å². The number of hydrogen-bond donors (Lipinski definition) is 0. The topological polar surface area (TPSA) is 9.23 Å². The molecule has 6 heteroatoms. The van der Waals surface area contributed by atoms with Crippen LogP contribution in [0.1, 0.15) is 11.1 Å². The molecule has 0 fully saturated rings. The first kappa shape index (κ1) is 16.8. The summed E-state index contributed by atoms with van der Waals surface area (Å²) in [5.41, 5.74) is -0.690. The first-order valence-corrected chi connectivity index (χ1v) is 7.03. The van der Waals surface area contributed by atoms with Crippen LogP contribution in [0.2, 0.25) is 0 Å². The Morgan fingerprint density at radius 1 is 0.720 bits per heavy atom. The zero-order valence-corrected chi connectivity index (χ0v) is 12.8. The Morgan fingerprint density at radius 2 is 1.32 bits per heavy atom. The third kappa shape index (κ3) is 3.01. The van der Waals surface area contributed by atoms with Gasteiger partial charge >= 0.3 is 0 Å². The van der Waals surface area contributed by atoms with Crippen LogP contribution in [-0.2, 0) is 0 Å². The standard InChI is InChI=1S/C19H9F5O/c1-25-19-17(23)15(21)14(16(22)18(19)24)7-3-10-2-4-12-9-13(20)6-5-11(12)8-10/h2,4-6,8-9H,1H3. The van der Waals surface area contributed by atoms with Crippen molar-refractivity contribution in [3.05, 3.63) is 76.6 Å². The van der Waals surface area contributed by atoms with Gasteiger partial charge in [-0.3, -0.25) is 0 Å². The molecule has 0 aromatic heterocycles. The Morgan fingerprint density at radius 3 is 1.96 bits per heavy atom. The molecular formula is C19H9F5O. The molecule has 0 radical (unpaired) electrons. The highest BCUT2D eigenvalue weighted by atomic mass is 19.2. The lowest BCUT2D eigenvalue weighted by atomic mass is 10.1. The van der Waals surface area contributed by atoms with Gasteiger partial charge in [-0.1, -0.05) is 24.0 Å². The van der Waals surface area contributed by atoms with Crippen LogP contribution in [0.5, 0.6) is 5.75 Å². The number of benzene rings is 3. The highest BCUT2D eigenvalue weighted by Crippen LogP contribution is 2.29. The Labute approximate surface area is 139 Å². The first-order valence-electron chi connectivity index (χ1n) is 7.03. The average molecular weight is 348 g/mol. The van der Waals surface area contributed by atoms with Crippen LogP contribution in [0.4, 0.5) is 22.0 Å². The fourth-order valence-electron chi connectivity index (χ4n) is 2.33. The van der Waals surface area contributed by atoms with Crippen LogP contribution >= 0.6 is 0 Å². The summed E-state index contributed by atoms with van der Waals surface area (Å²) in [6.45, 7) is 0. The Bertz CT molecular complexity index is 1020. The van der Waals surface area contributed by atoms with Crippen molar-refractivity contribution in [1.29, 1.82) is 0 Å². The molecule has 0 N–H and O–H groups in total. The maximum atomic E-state index is 13.9.